The highest BCUT2D eigenvalue weighted by molar-refractivity contribution is 5.99. The number of nitrogens with zero attached hydrogens (tertiary/aromatic N) is 2. The Morgan fingerprint density at radius 3 is 2.56 bits per heavy atom. The highest BCUT2D eigenvalue weighted by atomic mass is 16.1. The summed E-state index contributed by atoms with van der Waals surface area (Å²) in [5.74, 6) is 0.133. The van der Waals surface area contributed by atoms with E-state index < -0.39 is 0 Å². The van der Waals surface area contributed by atoms with Crippen molar-refractivity contribution in [2.45, 2.75) is 33.6 Å². The number of nitrogens with one attached hydrogen (secondary N) is 1. The second-order valence-electron chi connectivity index (χ2n) is 4.38. The Bertz CT molecular complexity index is 492. The molecule has 0 bridgehead atoms. The second kappa shape index (κ2) is 6.10. The molecule has 0 saturated heterocycles. The van der Waals surface area contributed by atoms with Gasteiger partial charge in [-0.2, -0.15) is 5.10 Å². The maximum Gasteiger partial charge on any atom is 0.232 e. The van der Waals surface area contributed by atoms with Crippen LogP contribution in [-0.4, -0.2) is 18.5 Å². The van der Waals surface area contributed by atoms with Crippen molar-refractivity contribution in [3.63, 3.8) is 0 Å². The van der Waals surface area contributed by atoms with Gasteiger partial charge >= 0.3 is 0 Å². The van der Waals surface area contributed by atoms with Gasteiger partial charge < -0.3 is 5.32 Å². The first-order valence-electron chi connectivity index (χ1n) is 5.84. The van der Waals surface area contributed by atoms with Gasteiger partial charge in [-0.05, 0) is 44.4 Å². The molecular weight excluding hydrogens is 226 g/mol. The Hall–Kier alpha value is -1.97. The molecule has 1 unspecified atom stereocenters. The molecule has 0 spiro atoms. The van der Waals surface area contributed by atoms with E-state index in [0.29, 0.717) is 5.84 Å². The third-order valence-electron chi connectivity index (χ3n) is 2.95. The Balaban J connectivity index is 2.83. The predicted octanol–water partition coefficient (Wildman–Crippen LogP) is 2.56. The molecule has 1 N–H and O–H groups in total. The summed E-state index contributed by atoms with van der Waals surface area (Å²) in [5.41, 5.74) is 3.40. The van der Waals surface area contributed by atoms with Crippen molar-refractivity contribution in [1.82, 2.24) is 5.32 Å². The molecule has 0 saturated carbocycles. The standard InChI is InChI=1S/C14H19N3O/c1-9-6-7-13(8-10(9)2)11(3)14(18)16-12(4)17-15-5/h6-8,11H,5H2,1-4H3,(H,16,17,18). The fourth-order valence-electron chi connectivity index (χ4n) is 1.60. The minimum atomic E-state index is -0.223. The fraction of sp³-hybridized carbons (Fsp3) is 0.357. The molecule has 1 rings (SSSR count). The van der Waals surface area contributed by atoms with E-state index in [1.54, 1.807) is 6.92 Å². The molecule has 0 aliphatic rings. The van der Waals surface area contributed by atoms with Crippen molar-refractivity contribution in [2.75, 3.05) is 0 Å². The van der Waals surface area contributed by atoms with Gasteiger partial charge in [0, 0.05) is 6.72 Å². The number of hydrogen-bond acceptors (Lipinski definition) is 3. The second-order valence-corrected chi connectivity index (χ2v) is 4.38. The van der Waals surface area contributed by atoms with E-state index >= 15 is 0 Å². The highest BCUT2D eigenvalue weighted by Gasteiger charge is 2.16. The maximum atomic E-state index is 12.0. The van der Waals surface area contributed by atoms with E-state index in [4.69, 9.17) is 0 Å². The van der Waals surface area contributed by atoms with Gasteiger partial charge in [0.1, 0.15) is 5.84 Å². The molecule has 0 radical (unpaired) electrons. The Morgan fingerprint density at radius 1 is 1.33 bits per heavy atom. The summed E-state index contributed by atoms with van der Waals surface area (Å²) in [6.45, 7) is 10.9. The number of carbonyl (C=O) groups is 1. The number of benzene rings is 1. The van der Waals surface area contributed by atoms with Crippen LogP contribution < -0.4 is 5.32 Å². The van der Waals surface area contributed by atoms with Gasteiger partial charge in [-0.25, -0.2) is 0 Å². The van der Waals surface area contributed by atoms with E-state index in [1.807, 2.05) is 32.0 Å². The normalized spacial score (nSPS) is 13.0. The molecule has 18 heavy (non-hydrogen) atoms. The van der Waals surface area contributed by atoms with Crippen LogP contribution in [0.25, 0.3) is 0 Å². The number of rotatable bonds is 3. The van der Waals surface area contributed by atoms with Crippen LogP contribution in [0.5, 0.6) is 0 Å². The quantitative estimate of drug-likeness (QED) is 0.496. The summed E-state index contributed by atoms with van der Waals surface area (Å²) < 4.78 is 0. The van der Waals surface area contributed by atoms with Crippen molar-refractivity contribution in [3.05, 3.63) is 34.9 Å². The predicted molar refractivity (Wildman–Crippen MR) is 75.1 cm³/mol. The van der Waals surface area contributed by atoms with Crippen molar-refractivity contribution in [2.24, 2.45) is 10.2 Å². The summed E-state index contributed by atoms with van der Waals surface area (Å²) in [6.07, 6.45) is 0. The van der Waals surface area contributed by atoms with Crippen LogP contribution in [0, 0.1) is 13.8 Å². The summed E-state index contributed by atoms with van der Waals surface area (Å²) in [4.78, 5) is 12.0. The number of aryl methyl sites for hydroxylation is 2. The van der Waals surface area contributed by atoms with Gasteiger partial charge in [-0.3, -0.25) is 4.79 Å². The Labute approximate surface area is 108 Å². The lowest BCUT2D eigenvalue weighted by molar-refractivity contribution is -0.120. The minimum Gasteiger partial charge on any atom is -0.312 e. The fourth-order valence-corrected chi connectivity index (χ4v) is 1.60. The van der Waals surface area contributed by atoms with Crippen LogP contribution in [0.4, 0.5) is 0 Å². The van der Waals surface area contributed by atoms with Gasteiger partial charge in [0.2, 0.25) is 5.91 Å². The summed E-state index contributed by atoms with van der Waals surface area (Å²) in [5, 5.41) is 9.73. The molecule has 0 aromatic heterocycles. The van der Waals surface area contributed by atoms with Crippen LogP contribution >= 0.6 is 0 Å². The van der Waals surface area contributed by atoms with Crippen molar-refractivity contribution in [3.8, 4) is 0 Å². The third-order valence-corrected chi connectivity index (χ3v) is 2.95. The topological polar surface area (TPSA) is 53.8 Å². The Morgan fingerprint density at radius 2 is 2.00 bits per heavy atom. The highest BCUT2D eigenvalue weighted by Crippen LogP contribution is 2.18. The number of amidine groups is 1. The van der Waals surface area contributed by atoms with E-state index in [0.717, 1.165) is 5.56 Å². The smallest absolute Gasteiger partial charge is 0.232 e. The van der Waals surface area contributed by atoms with Crippen molar-refractivity contribution >= 4 is 18.5 Å². The SMILES string of the molecule is C=N/N=C(\C)NC(=O)C(C)c1ccc(C)c(C)c1. The van der Waals surface area contributed by atoms with Crippen molar-refractivity contribution < 1.29 is 4.79 Å². The first-order valence-corrected chi connectivity index (χ1v) is 5.84. The Kier molecular flexibility index (Phi) is 4.77. The lowest BCUT2D eigenvalue weighted by Crippen LogP contribution is -2.32. The molecule has 4 heteroatoms. The largest absolute Gasteiger partial charge is 0.312 e. The van der Waals surface area contributed by atoms with Crippen molar-refractivity contribution in [1.29, 1.82) is 0 Å². The van der Waals surface area contributed by atoms with E-state index in [9.17, 15) is 4.79 Å². The van der Waals surface area contributed by atoms with Crippen LogP contribution in [0.15, 0.2) is 28.4 Å². The zero-order valence-electron chi connectivity index (χ0n) is 11.3. The molecule has 1 aromatic carbocycles. The third kappa shape index (κ3) is 3.52. The molecular formula is C14H19N3O. The van der Waals surface area contributed by atoms with Gasteiger partial charge in [0.15, 0.2) is 0 Å². The molecule has 0 aliphatic carbocycles. The van der Waals surface area contributed by atoms with Gasteiger partial charge in [-0.15, -0.1) is 5.10 Å². The molecule has 0 fully saturated rings. The molecule has 0 aliphatic heterocycles. The van der Waals surface area contributed by atoms with E-state index in [1.165, 1.54) is 11.1 Å². The van der Waals surface area contributed by atoms with E-state index in [-0.39, 0.29) is 11.8 Å². The lowest BCUT2D eigenvalue weighted by atomic mass is 9.96. The van der Waals surface area contributed by atoms with Gasteiger partial charge in [0.25, 0.3) is 0 Å². The molecule has 4 nitrogen and oxygen atoms in total. The first kappa shape index (κ1) is 14.1. The summed E-state index contributed by atoms with van der Waals surface area (Å²) >= 11 is 0. The minimum absolute atomic E-state index is 0.0943. The van der Waals surface area contributed by atoms with Crippen LogP contribution in [0.1, 0.15) is 36.5 Å². The molecule has 96 valence electrons. The molecule has 1 amide bonds. The number of hydrogen-bond donors (Lipinski definition) is 1. The maximum absolute atomic E-state index is 12.0. The molecule has 1 aromatic rings. The lowest BCUT2D eigenvalue weighted by Gasteiger charge is -2.13. The van der Waals surface area contributed by atoms with E-state index in [2.05, 4.69) is 29.2 Å². The average molecular weight is 245 g/mol. The average Bonchev–Trinajstić information content (AvgIpc) is 2.32. The summed E-state index contributed by atoms with van der Waals surface area (Å²) in [7, 11) is 0. The summed E-state index contributed by atoms with van der Waals surface area (Å²) in [6, 6.07) is 6.04. The monoisotopic (exact) mass is 245 g/mol. The van der Waals surface area contributed by atoms with Crippen LogP contribution in [0.3, 0.4) is 0 Å². The molecule has 0 heterocycles. The van der Waals surface area contributed by atoms with Gasteiger partial charge in [0.05, 0.1) is 5.92 Å². The first-order chi connectivity index (χ1) is 8.45. The molecule has 1 atom stereocenters. The zero-order chi connectivity index (χ0) is 13.7. The van der Waals surface area contributed by atoms with Gasteiger partial charge in [-0.1, -0.05) is 18.2 Å². The number of carbonyl (C=O) groups excluding carboxylic acids is 1. The zero-order valence-corrected chi connectivity index (χ0v) is 11.3. The van der Waals surface area contributed by atoms with Crippen LogP contribution in [-0.2, 0) is 4.79 Å². The number of amides is 1. The van der Waals surface area contributed by atoms with Crippen LogP contribution in [0.2, 0.25) is 0 Å².